The van der Waals surface area contributed by atoms with Gasteiger partial charge in [-0.2, -0.15) is 5.26 Å². The standard InChI is InChI=1S/C10H16N2/c1-9-5-7-12(2)10(8-9)4-3-6-11/h5,10H,3-4,7-8H2,1-2H3. The molecule has 1 unspecified atom stereocenters. The zero-order valence-electron chi connectivity index (χ0n) is 7.88. The summed E-state index contributed by atoms with van der Waals surface area (Å²) >= 11 is 0. The maximum absolute atomic E-state index is 8.47. The van der Waals surface area contributed by atoms with Crippen LogP contribution in [0.5, 0.6) is 0 Å². The molecule has 1 heterocycles. The van der Waals surface area contributed by atoms with E-state index in [1.807, 2.05) is 0 Å². The number of hydrogen-bond donors (Lipinski definition) is 0. The molecule has 0 aromatic carbocycles. The lowest BCUT2D eigenvalue weighted by molar-refractivity contribution is 0.240. The summed E-state index contributed by atoms with van der Waals surface area (Å²) in [7, 11) is 2.13. The first-order valence-electron chi connectivity index (χ1n) is 4.47. The normalized spacial score (nSPS) is 24.8. The largest absolute Gasteiger partial charge is 0.299 e. The van der Waals surface area contributed by atoms with Crippen LogP contribution in [0.1, 0.15) is 26.2 Å². The molecule has 0 aromatic rings. The second-order valence-electron chi connectivity index (χ2n) is 3.54. The van der Waals surface area contributed by atoms with Crippen molar-refractivity contribution >= 4 is 0 Å². The van der Waals surface area contributed by atoms with Gasteiger partial charge in [-0.25, -0.2) is 0 Å². The maximum atomic E-state index is 8.47. The molecular formula is C10H16N2. The molecular weight excluding hydrogens is 148 g/mol. The lowest BCUT2D eigenvalue weighted by Gasteiger charge is -2.30. The van der Waals surface area contributed by atoms with E-state index in [9.17, 15) is 0 Å². The summed E-state index contributed by atoms with van der Waals surface area (Å²) in [6.45, 7) is 3.22. The predicted molar refractivity (Wildman–Crippen MR) is 49.6 cm³/mol. The number of rotatable bonds is 2. The van der Waals surface area contributed by atoms with Crippen LogP contribution < -0.4 is 0 Å². The van der Waals surface area contributed by atoms with Gasteiger partial charge in [-0.3, -0.25) is 4.90 Å². The van der Waals surface area contributed by atoms with E-state index in [0.29, 0.717) is 12.5 Å². The van der Waals surface area contributed by atoms with Crippen molar-refractivity contribution < 1.29 is 0 Å². The van der Waals surface area contributed by atoms with Crippen molar-refractivity contribution in [2.24, 2.45) is 0 Å². The number of nitrogens with zero attached hydrogens (tertiary/aromatic N) is 2. The predicted octanol–water partition coefficient (Wildman–Crippen LogP) is 1.94. The monoisotopic (exact) mass is 164 g/mol. The zero-order valence-corrected chi connectivity index (χ0v) is 7.88. The van der Waals surface area contributed by atoms with E-state index in [-0.39, 0.29) is 0 Å². The van der Waals surface area contributed by atoms with Gasteiger partial charge in [-0.05, 0) is 26.8 Å². The van der Waals surface area contributed by atoms with E-state index < -0.39 is 0 Å². The van der Waals surface area contributed by atoms with Crippen LogP contribution in [0.2, 0.25) is 0 Å². The Labute approximate surface area is 74.5 Å². The van der Waals surface area contributed by atoms with Crippen LogP contribution in [0.3, 0.4) is 0 Å². The van der Waals surface area contributed by atoms with Crippen LogP contribution in [0.15, 0.2) is 11.6 Å². The van der Waals surface area contributed by atoms with E-state index in [4.69, 9.17) is 5.26 Å². The Morgan fingerprint density at radius 1 is 1.75 bits per heavy atom. The molecule has 2 nitrogen and oxygen atoms in total. The Bertz CT molecular complexity index is 212. The van der Waals surface area contributed by atoms with Crippen LogP contribution >= 0.6 is 0 Å². The summed E-state index contributed by atoms with van der Waals surface area (Å²) in [6.07, 6.45) is 5.10. The summed E-state index contributed by atoms with van der Waals surface area (Å²) in [5, 5.41) is 8.47. The fraction of sp³-hybridized carbons (Fsp3) is 0.700. The smallest absolute Gasteiger partial charge is 0.0622 e. The summed E-state index contributed by atoms with van der Waals surface area (Å²) in [5.41, 5.74) is 1.47. The molecule has 0 fully saturated rings. The summed E-state index contributed by atoms with van der Waals surface area (Å²) in [4.78, 5) is 2.32. The molecule has 66 valence electrons. The minimum atomic E-state index is 0.592. The van der Waals surface area contributed by atoms with Crippen LogP contribution in [0, 0.1) is 11.3 Å². The van der Waals surface area contributed by atoms with Crippen LogP contribution in [0.4, 0.5) is 0 Å². The summed E-state index contributed by atoms with van der Waals surface area (Å²) < 4.78 is 0. The van der Waals surface area contributed by atoms with Gasteiger partial charge in [-0.1, -0.05) is 11.6 Å². The molecule has 12 heavy (non-hydrogen) atoms. The van der Waals surface area contributed by atoms with Crippen molar-refractivity contribution in [3.8, 4) is 6.07 Å². The molecule has 0 aromatic heterocycles. The second-order valence-corrected chi connectivity index (χ2v) is 3.54. The van der Waals surface area contributed by atoms with Gasteiger partial charge >= 0.3 is 0 Å². The third kappa shape index (κ3) is 2.35. The third-order valence-electron chi connectivity index (χ3n) is 2.50. The highest BCUT2D eigenvalue weighted by Gasteiger charge is 2.17. The molecule has 0 spiro atoms. The Hall–Kier alpha value is -0.810. The van der Waals surface area contributed by atoms with E-state index >= 15 is 0 Å². The summed E-state index contributed by atoms with van der Waals surface area (Å²) in [6, 6.07) is 2.80. The average molecular weight is 164 g/mol. The molecule has 1 aliphatic rings. The van der Waals surface area contributed by atoms with Crippen molar-refractivity contribution in [2.45, 2.75) is 32.2 Å². The Kier molecular flexibility index (Phi) is 3.31. The van der Waals surface area contributed by atoms with E-state index in [1.165, 1.54) is 5.57 Å². The van der Waals surface area contributed by atoms with Gasteiger partial charge < -0.3 is 0 Å². The molecule has 0 saturated heterocycles. The van der Waals surface area contributed by atoms with Crippen LogP contribution in [-0.2, 0) is 0 Å². The maximum Gasteiger partial charge on any atom is 0.0622 e. The van der Waals surface area contributed by atoms with Gasteiger partial charge in [0.25, 0.3) is 0 Å². The quantitative estimate of drug-likeness (QED) is 0.583. The molecule has 0 aliphatic carbocycles. The van der Waals surface area contributed by atoms with E-state index in [0.717, 1.165) is 19.4 Å². The minimum Gasteiger partial charge on any atom is -0.299 e. The molecule has 0 amide bonds. The lowest BCUT2D eigenvalue weighted by Crippen LogP contribution is -2.34. The zero-order chi connectivity index (χ0) is 8.97. The number of hydrogen-bond acceptors (Lipinski definition) is 2. The first-order chi connectivity index (χ1) is 5.74. The highest BCUT2D eigenvalue weighted by atomic mass is 15.1. The van der Waals surface area contributed by atoms with Gasteiger partial charge in [0.2, 0.25) is 0 Å². The van der Waals surface area contributed by atoms with Crippen molar-refractivity contribution in [1.29, 1.82) is 5.26 Å². The van der Waals surface area contributed by atoms with Gasteiger partial charge in [0.05, 0.1) is 6.07 Å². The van der Waals surface area contributed by atoms with Crippen LogP contribution in [0.25, 0.3) is 0 Å². The fourth-order valence-electron chi connectivity index (χ4n) is 1.61. The van der Waals surface area contributed by atoms with Crippen molar-refractivity contribution in [3.05, 3.63) is 11.6 Å². The minimum absolute atomic E-state index is 0.592. The average Bonchev–Trinajstić information content (AvgIpc) is 2.07. The highest BCUT2D eigenvalue weighted by molar-refractivity contribution is 5.06. The second kappa shape index (κ2) is 4.27. The fourth-order valence-corrected chi connectivity index (χ4v) is 1.61. The Balaban J connectivity index is 2.43. The van der Waals surface area contributed by atoms with Gasteiger partial charge in [0.1, 0.15) is 0 Å². The molecule has 0 saturated carbocycles. The molecule has 0 bridgehead atoms. The van der Waals surface area contributed by atoms with Crippen molar-refractivity contribution in [3.63, 3.8) is 0 Å². The Morgan fingerprint density at radius 3 is 3.17 bits per heavy atom. The highest BCUT2D eigenvalue weighted by Crippen LogP contribution is 2.19. The van der Waals surface area contributed by atoms with Gasteiger partial charge in [-0.15, -0.1) is 0 Å². The third-order valence-corrected chi connectivity index (χ3v) is 2.50. The Morgan fingerprint density at radius 2 is 2.50 bits per heavy atom. The topological polar surface area (TPSA) is 27.0 Å². The molecule has 0 radical (unpaired) electrons. The van der Waals surface area contributed by atoms with E-state index in [2.05, 4.69) is 31.0 Å². The van der Waals surface area contributed by atoms with Crippen molar-refractivity contribution in [2.75, 3.05) is 13.6 Å². The summed E-state index contributed by atoms with van der Waals surface area (Å²) in [5.74, 6) is 0. The SMILES string of the molecule is CC1=CCN(C)C(CCC#N)C1. The number of likely N-dealkylation sites (N-methyl/N-ethyl adjacent to an activating group) is 1. The van der Waals surface area contributed by atoms with Gasteiger partial charge in [0.15, 0.2) is 0 Å². The molecule has 1 aliphatic heterocycles. The van der Waals surface area contributed by atoms with Crippen LogP contribution in [-0.4, -0.2) is 24.5 Å². The first kappa shape index (κ1) is 9.28. The molecule has 2 heteroatoms. The molecule has 1 rings (SSSR count). The lowest BCUT2D eigenvalue weighted by atomic mass is 9.98. The first-order valence-corrected chi connectivity index (χ1v) is 4.47. The molecule has 1 atom stereocenters. The van der Waals surface area contributed by atoms with Crippen molar-refractivity contribution in [1.82, 2.24) is 4.90 Å². The van der Waals surface area contributed by atoms with Gasteiger partial charge in [0, 0.05) is 19.0 Å². The number of nitriles is 1. The molecule has 0 N–H and O–H groups in total. The van der Waals surface area contributed by atoms with E-state index in [1.54, 1.807) is 0 Å².